The van der Waals surface area contributed by atoms with Gasteiger partial charge >= 0.3 is 6.18 Å². The standard InChI is InChI=1S/C11H10F3N3O2/c1-17-10(15)6(4-16-17)5-2-3-7(11(12,13)14)9(19)8(5)18/h2-4,18-19H,15H2,1H3. The molecule has 0 unspecified atom stereocenters. The van der Waals surface area contributed by atoms with Gasteiger partial charge in [0, 0.05) is 18.2 Å². The third-order valence-electron chi connectivity index (χ3n) is 2.73. The maximum absolute atomic E-state index is 12.5. The lowest BCUT2D eigenvalue weighted by molar-refractivity contribution is -0.138. The molecule has 1 heterocycles. The highest BCUT2D eigenvalue weighted by Gasteiger charge is 2.35. The van der Waals surface area contributed by atoms with Crippen LogP contribution >= 0.6 is 0 Å². The first-order chi connectivity index (χ1) is 8.73. The number of phenolic OH excluding ortho intramolecular Hbond substituents is 2. The van der Waals surface area contributed by atoms with Crippen LogP contribution in [-0.2, 0) is 13.2 Å². The highest BCUT2D eigenvalue weighted by Crippen LogP contribution is 2.45. The van der Waals surface area contributed by atoms with Crippen LogP contribution in [0.2, 0.25) is 0 Å². The van der Waals surface area contributed by atoms with Gasteiger partial charge < -0.3 is 15.9 Å². The molecule has 5 nitrogen and oxygen atoms in total. The number of nitrogens with two attached hydrogens (primary N) is 1. The zero-order valence-corrected chi connectivity index (χ0v) is 9.73. The number of halogens is 3. The number of hydrogen-bond donors (Lipinski definition) is 3. The number of benzene rings is 1. The molecule has 2 aromatic rings. The lowest BCUT2D eigenvalue weighted by Crippen LogP contribution is -2.05. The number of nitrogen functional groups attached to an aromatic ring is 1. The summed E-state index contributed by atoms with van der Waals surface area (Å²) in [5.74, 6) is -1.95. The van der Waals surface area contributed by atoms with Gasteiger partial charge in [0.1, 0.15) is 11.4 Å². The SMILES string of the molecule is Cn1ncc(-c2ccc(C(F)(F)F)c(O)c2O)c1N. The van der Waals surface area contributed by atoms with Crippen molar-refractivity contribution in [1.82, 2.24) is 9.78 Å². The third kappa shape index (κ3) is 2.05. The van der Waals surface area contributed by atoms with Crippen LogP contribution in [-0.4, -0.2) is 20.0 Å². The van der Waals surface area contributed by atoms with E-state index >= 15 is 0 Å². The summed E-state index contributed by atoms with van der Waals surface area (Å²) in [6.45, 7) is 0. The number of alkyl halides is 3. The Bertz CT molecular complexity index is 635. The molecule has 19 heavy (non-hydrogen) atoms. The predicted octanol–water partition coefficient (Wildman–Crippen LogP) is 2.10. The van der Waals surface area contributed by atoms with E-state index in [9.17, 15) is 23.4 Å². The minimum Gasteiger partial charge on any atom is -0.504 e. The van der Waals surface area contributed by atoms with Crippen LogP contribution in [0, 0.1) is 0 Å². The van der Waals surface area contributed by atoms with Crippen LogP contribution in [0.3, 0.4) is 0 Å². The van der Waals surface area contributed by atoms with Crippen LogP contribution in [0.4, 0.5) is 19.0 Å². The van der Waals surface area contributed by atoms with Crippen LogP contribution in [0.25, 0.3) is 11.1 Å². The first kappa shape index (κ1) is 13.1. The second-order valence-electron chi connectivity index (χ2n) is 3.92. The summed E-state index contributed by atoms with van der Waals surface area (Å²) < 4.78 is 38.9. The van der Waals surface area contributed by atoms with E-state index in [2.05, 4.69) is 5.10 Å². The molecule has 0 saturated heterocycles. The first-order valence-electron chi connectivity index (χ1n) is 5.13. The van der Waals surface area contributed by atoms with Crippen molar-refractivity contribution in [3.63, 3.8) is 0 Å². The average molecular weight is 273 g/mol. The van der Waals surface area contributed by atoms with Crippen LogP contribution in [0.1, 0.15) is 5.56 Å². The maximum Gasteiger partial charge on any atom is 0.420 e. The Kier molecular flexibility index (Phi) is 2.80. The van der Waals surface area contributed by atoms with E-state index in [1.54, 1.807) is 7.05 Å². The fraction of sp³-hybridized carbons (Fsp3) is 0.182. The van der Waals surface area contributed by atoms with Crippen molar-refractivity contribution in [2.45, 2.75) is 6.18 Å². The van der Waals surface area contributed by atoms with Gasteiger partial charge in [-0.1, -0.05) is 0 Å². The number of nitrogens with zero attached hydrogens (tertiary/aromatic N) is 2. The van der Waals surface area contributed by atoms with E-state index in [0.29, 0.717) is 6.07 Å². The third-order valence-corrected chi connectivity index (χ3v) is 2.73. The van der Waals surface area contributed by atoms with Crippen LogP contribution in [0.15, 0.2) is 18.3 Å². The fourth-order valence-electron chi connectivity index (χ4n) is 1.68. The van der Waals surface area contributed by atoms with E-state index in [-0.39, 0.29) is 16.9 Å². The summed E-state index contributed by atoms with van der Waals surface area (Å²) >= 11 is 0. The molecule has 0 radical (unpaired) electrons. The number of aromatic nitrogens is 2. The van der Waals surface area contributed by atoms with Gasteiger partial charge in [-0.15, -0.1) is 0 Å². The van der Waals surface area contributed by atoms with Gasteiger partial charge in [0.25, 0.3) is 0 Å². The number of rotatable bonds is 1. The summed E-state index contributed by atoms with van der Waals surface area (Å²) in [6, 6.07) is 1.71. The average Bonchev–Trinajstić information content (AvgIpc) is 2.62. The summed E-state index contributed by atoms with van der Waals surface area (Å²) in [5, 5.41) is 22.9. The summed E-state index contributed by atoms with van der Waals surface area (Å²) in [7, 11) is 1.54. The molecular weight excluding hydrogens is 263 g/mol. The van der Waals surface area contributed by atoms with E-state index in [4.69, 9.17) is 5.73 Å². The maximum atomic E-state index is 12.5. The second-order valence-corrected chi connectivity index (χ2v) is 3.92. The molecule has 0 aliphatic carbocycles. The molecule has 8 heteroatoms. The van der Waals surface area contributed by atoms with Gasteiger partial charge in [0.2, 0.25) is 0 Å². The van der Waals surface area contributed by atoms with Crippen molar-refractivity contribution in [1.29, 1.82) is 0 Å². The van der Waals surface area contributed by atoms with Crippen LogP contribution < -0.4 is 5.73 Å². The van der Waals surface area contributed by atoms with Crippen molar-refractivity contribution in [2.24, 2.45) is 7.05 Å². The van der Waals surface area contributed by atoms with Crippen molar-refractivity contribution in [2.75, 3.05) is 5.73 Å². The molecule has 102 valence electrons. The van der Waals surface area contributed by atoms with Crippen molar-refractivity contribution in [3.8, 4) is 22.6 Å². The van der Waals surface area contributed by atoms with Gasteiger partial charge in [-0.3, -0.25) is 4.68 Å². The highest BCUT2D eigenvalue weighted by molar-refractivity contribution is 5.80. The topological polar surface area (TPSA) is 84.3 Å². The molecule has 0 atom stereocenters. The molecule has 4 N–H and O–H groups in total. The van der Waals surface area contributed by atoms with E-state index < -0.39 is 23.2 Å². The minimum absolute atomic E-state index is 0.0175. The van der Waals surface area contributed by atoms with Gasteiger partial charge in [-0.25, -0.2) is 0 Å². The van der Waals surface area contributed by atoms with E-state index in [0.717, 1.165) is 6.07 Å². The molecule has 0 saturated carbocycles. The van der Waals surface area contributed by atoms with E-state index in [1.165, 1.54) is 10.9 Å². The number of phenols is 2. The molecule has 0 fully saturated rings. The lowest BCUT2D eigenvalue weighted by Gasteiger charge is -2.12. The Hall–Kier alpha value is -2.38. The Morgan fingerprint density at radius 2 is 1.79 bits per heavy atom. The molecular formula is C11H10F3N3O2. The molecule has 0 spiro atoms. The zero-order valence-electron chi connectivity index (χ0n) is 9.73. The Balaban J connectivity index is 2.63. The van der Waals surface area contributed by atoms with Crippen molar-refractivity contribution in [3.05, 3.63) is 23.9 Å². The van der Waals surface area contributed by atoms with Crippen molar-refractivity contribution < 1.29 is 23.4 Å². The molecule has 0 amide bonds. The van der Waals surface area contributed by atoms with E-state index in [1.807, 2.05) is 0 Å². The highest BCUT2D eigenvalue weighted by atomic mass is 19.4. The monoisotopic (exact) mass is 273 g/mol. The molecule has 0 bridgehead atoms. The molecule has 1 aromatic carbocycles. The summed E-state index contributed by atoms with van der Waals surface area (Å²) in [5.41, 5.74) is 4.58. The molecule has 2 rings (SSSR count). The largest absolute Gasteiger partial charge is 0.504 e. The number of aryl methyl sites for hydroxylation is 1. The smallest absolute Gasteiger partial charge is 0.420 e. The second kappa shape index (κ2) is 4.08. The quantitative estimate of drug-likeness (QED) is 0.695. The lowest BCUT2D eigenvalue weighted by atomic mass is 10.0. The Morgan fingerprint density at radius 3 is 2.26 bits per heavy atom. The first-order valence-corrected chi connectivity index (χ1v) is 5.13. The van der Waals surface area contributed by atoms with Gasteiger partial charge in [0.15, 0.2) is 11.5 Å². The van der Waals surface area contributed by atoms with Crippen molar-refractivity contribution >= 4 is 5.82 Å². The Labute approximate surface area is 105 Å². The minimum atomic E-state index is -4.75. The zero-order chi connectivity index (χ0) is 14.4. The van der Waals surface area contributed by atoms with Crippen LogP contribution in [0.5, 0.6) is 11.5 Å². The predicted molar refractivity (Wildman–Crippen MR) is 61.4 cm³/mol. The normalized spacial score (nSPS) is 11.8. The number of anilines is 1. The number of aromatic hydroxyl groups is 2. The summed E-state index contributed by atoms with van der Waals surface area (Å²) in [6.07, 6.45) is -3.46. The number of hydrogen-bond acceptors (Lipinski definition) is 4. The summed E-state index contributed by atoms with van der Waals surface area (Å²) in [4.78, 5) is 0. The molecule has 1 aromatic heterocycles. The Morgan fingerprint density at radius 1 is 1.16 bits per heavy atom. The van der Waals surface area contributed by atoms with Gasteiger partial charge in [-0.05, 0) is 12.1 Å². The molecule has 0 aliphatic rings. The molecule has 0 aliphatic heterocycles. The fourth-order valence-corrected chi connectivity index (χ4v) is 1.68. The van der Waals surface area contributed by atoms with Gasteiger partial charge in [0.05, 0.1) is 6.20 Å². The van der Waals surface area contributed by atoms with Gasteiger partial charge in [-0.2, -0.15) is 18.3 Å².